The Morgan fingerprint density at radius 3 is 3.17 bits per heavy atom. The summed E-state index contributed by atoms with van der Waals surface area (Å²) in [6.07, 6.45) is 2.33. The Morgan fingerprint density at radius 1 is 1.44 bits per heavy atom. The Hall–Kier alpha value is -1.62. The lowest BCUT2D eigenvalue weighted by molar-refractivity contribution is 0.206. The number of benzene rings is 1. The van der Waals surface area contributed by atoms with E-state index in [1.54, 1.807) is 12.1 Å². The van der Waals surface area contributed by atoms with Gasteiger partial charge in [0.25, 0.3) is 0 Å². The number of para-hydroxylation sites is 1. The molecule has 1 aliphatic heterocycles. The predicted molar refractivity (Wildman–Crippen MR) is 67.3 cm³/mol. The van der Waals surface area contributed by atoms with Crippen LogP contribution in [0.2, 0.25) is 0 Å². The van der Waals surface area contributed by atoms with Crippen molar-refractivity contribution < 1.29 is 9.22 Å². The number of hydrogen-bond donors (Lipinski definition) is 1. The van der Waals surface area contributed by atoms with E-state index in [1.165, 1.54) is 6.42 Å². The number of halogens is 1. The molecule has 96 valence electrons. The predicted octanol–water partition coefficient (Wildman–Crippen LogP) is 2.15. The van der Waals surface area contributed by atoms with E-state index in [2.05, 4.69) is 10.4 Å². The van der Waals surface area contributed by atoms with E-state index in [9.17, 15) is 4.48 Å². The third-order valence-corrected chi connectivity index (χ3v) is 3.37. The van der Waals surface area contributed by atoms with Crippen LogP contribution in [0.15, 0.2) is 24.3 Å². The van der Waals surface area contributed by atoms with Crippen molar-refractivity contribution in [2.45, 2.75) is 12.8 Å². The van der Waals surface area contributed by atoms with E-state index in [-0.39, 0.29) is 0 Å². The Labute approximate surface area is 105 Å². The molecule has 2 heterocycles. The highest BCUT2D eigenvalue weighted by Crippen LogP contribution is 2.25. The molecule has 1 aromatic heterocycles. The number of hydrogen-bond acceptors (Lipinski definition) is 3. The van der Waals surface area contributed by atoms with Crippen LogP contribution in [0.4, 0.5) is 4.48 Å². The van der Waals surface area contributed by atoms with Gasteiger partial charge in [0.1, 0.15) is 5.52 Å². The van der Waals surface area contributed by atoms with Gasteiger partial charge in [-0.2, -0.15) is 0 Å². The average molecular weight is 249 g/mol. The molecule has 4 nitrogen and oxygen atoms in total. The molecule has 1 aliphatic rings. The zero-order chi connectivity index (χ0) is 12.4. The van der Waals surface area contributed by atoms with Gasteiger partial charge in [-0.3, -0.25) is 0 Å². The van der Waals surface area contributed by atoms with Crippen molar-refractivity contribution in [1.82, 2.24) is 15.3 Å². The molecule has 0 bridgehead atoms. The summed E-state index contributed by atoms with van der Waals surface area (Å²) in [7, 11) is 0. The smallest absolute Gasteiger partial charge is 0.243 e. The molecule has 5 heteroatoms. The highest BCUT2D eigenvalue weighted by molar-refractivity contribution is 5.84. The maximum absolute atomic E-state index is 13.5. The summed E-state index contributed by atoms with van der Waals surface area (Å²) in [6.45, 7) is 2.64. The lowest BCUT2D eigenvalue weighted by Crippen LogP contribution is -2.33. The van der Waals surface area contributed by atoms with Gasteiger partial charge < -0.3 is 10.1 Å². The topological polar surface area (TPSA) is 39.1 Å². The van der Waals surface area contributed by atoms with Gasteiger partial charge in [-0.05, 0) is 31.5 Å². The highest BCUT2D eigenvalue weighted by atomic mass is 19.2. The number of aromatic nitrogens is 2. The van der Waals surface area contributed by atoms with Crippen molar-refractivity contribution in [3.05, 3.63) is 24.3 Å². The number of rotatable bonds is 3. The van der Waals surface area contributed by atoms with Crippen molar-refractivity contribution >= 4 is 10.9 Å². The number of piperidine rings is 1. The molecule has 0 aliphatic carbocycles. The first kappa shape index (κ1) is 11.5. The second kappa shape index (κ2) is 4.94. The fraction of sp³-hybridized carbons (Fsp3) is 0.462. The molecular weight excluding hydrogens is 233 g/mol. The van der Waals surface area contributed by atoms with Crippen LogP contribution in [0.1, 0.15) is 12.8 Å². The molecule has 1 unspecified atom stereocenters. The molecule has 0 radical (unpaired) electrons. The molecular formula is C13H16FN3O. The fourth-order valence-electron chi connectivity index (χ4n) is 2.37. The molecule has 1 atom stereocenters. The first-order valence-corrected chi connectivity index (χ1v) is 6.32. The first-order valence-electron chi connectivity index (χ1n) is 6.32. The molecule has 2 aromatic rings. The zero-order valence-electron chi connectivity index (χ0n) is 10.1. The number of nitrogens with zero attached hydrogens (tertiary/aromatic N) is 2. The maximum atomic E-state index is 13.5. The van der Waals surface area contributed by atoms with Crippen LogP contribution >= 0.6 is 0 Å². The van der Waals surface area contributed by atoms with E-state index in [0.717, 1.165) is 24.9 Å². The second-order valence-corrected chi connectivity index (χ2v) is 4.71. The molecule has 18 heavy (non-hydrogen) atoms. The molecule has 1 N–H and O–H groups in total. The van der Waals surface area contributed by atoms with Gasteiger partial charge in [-0.15, -0.1) is 5.10 Å². The van der Waals surface area contributed by atoms with Gasteiger partial charge >= 0.3 is 0 Å². The second-order valence-electron chi connectivity index (χ2n) is 4.71. The quantitative estimate of drug-likeness (QED) is 0.906. The van der Waals surface area contributed by atoms with E-state index in [0.29, 0.717) is 28.8 Å². The van der Waals surface area contributed by atoms with E-state index >= 15 is 0 Å². The third-order valence-electron chi connectivity index (χ3n) is 3.37. The Bertz CT molecular complexity index is 534. The summed E-state index contributed by atoms with van der Waals surface area (Å²) in [5, 5.41) is 7.84. The van der Waals surface area contributed by atoms with Crippen molar-refractivity contribution in [2.24, 2.45) is 5.92 Å². The first-order chi connectivity index (χ1) is 8.84. The van der Waals surface area contributed by atoms with Crippen LogP contribution in [0, 0.1) is 5.92 Å². The summed E-state index contributed by atoms with van der Waals surface area (Å²) in [5.74, 6) is 0.876. The fourth-order valence-corrected chi connectivity index (χ4v) is 2.37. The summed E-state index contributed by atoms with van der Waals surface area (Å²) < 4.78 is 19.2. The molecule has 0 saturated carbocycles. The highest BCUT2D eigenvalue weighted by Gasteiger charge is 2.16. The molecule has 3 rings (SSSR count). The third kappa shape index (κ3) is 2.18. The molecule has 0 spiro atoms. The van der Waals surface area contributed by atoms with E-state index in [4.69, 9.17) is 4.74 Å². The standard InChI is InChI=1S/C13H16FN3O/c14-17-12-6-2-1-5-11(12)13(16-17)18-9-10-4-3-7-15-8-10/h1-2,5-6,10,15H,3-4,7-9H2. The van der Waals surface area contributed by atoms with Gasteiger partial charge in [-0.25, -0.2) is 0 Å². The maximum Gasteiger partial charge on any atom is 0.243 e. The van der Waals surface area contributed by atoms with Crippen LogP contribution in [-0.2, 0) is 0 Å². The van der Waals surface area contributed by atoms with Crippen molar-refractivity contribution in [2.75, 3.05) is 19.7 Å². The lowest BCUT2D eigenvalue weighted by atomic mass is 10.0. The summed E-state index contributed by atoms with van der Waals surface area (Å²) in [5.41, 5.74) is 0.453. The van der Waals surface area contributed by atoms with Gasteiger partial charge in [0.15, 0.2) is 0 Å². The van der Waals surface area contributed by atoms with Crippen LogP contribution < -0.4 is 10.1 Å². The molecule has 0 amide bonds. The monoisotopic (exact) mass is 249 g/mol. The van der Waals surface area contributed by atoms with Gasteiger partial charge in [-0.1, -0.05) is 21.5 Å². The van der Waals surface area contributed by atoms with E-state index in [1.807, 2.05) is 12.1 Å². The van der Waals surface area contributed by atoms with Crippen molar-refractivity contribution in [3.8, 4) is 5.88 Å². The van der Waals surface area contributed by atoms with Crippen LogP contribution in [0.25, 0.3) is 10.9 Å². The molecule has 1 aromatic carbocycles. The van der Waals surface area contributed by atoms with Crippen LogP contribution in [-0.4, -0.2) is 29.7 Å². The minimum absolute atomic E-state index is 0.379. The van der Waals surface area contributed by atoms with Gasteiger partial charge in [0, 0.05) is 12.5 Å². The Kier molecular flexibility index (Phi) is 3.15. The SMILES string of the molecule is Fn1nc(OCC2CCCNC2)c2ccccc21. The average Bonchev–Trinajstić information content (AvgIpc) is 2.75. The molecule has 1 saturated heterocycles. The van der Waals surface area contributed by atoms with Crippen LogP contribution in [0.5, 0.6) is 5.88 Å². The minimum atomic E-state index is 0.379. The largest absolute Gasteiger partial charge is 0.476 e. The van der Waals surface area contributed by atoms with Gasteiger partial charge in [0.05, 0.1) is 12.0 Å². The van der Waals surface area contributed by atoms with E-state index < -0.39 is 0 Å². The number of ether oxygens (including phenoxy) is 1. The number of fused-ring (bicyclic) bond motifs is 1. The zero-order valence-corrected chi connectivity index (χ0v) is 10.1. The minimum Gasteiger partial charge on any atom is -0.476 e. The summed E-state index contributed by atoms with van der Waals surface area (Å²) in [4.78, 5) is 0.379. The van der Waals surface area contributed by atoms with Crippen molar-refractivity contribution in [1.29, 1.82) is 0 Å². The van der Waals surface area contributed by atoms with Gasteiger partial charge in [0.2, 0.25) is 5.88 Å². The van der Waals surface area contributed by atoms with Crippen LogP contribution in [0.3, 0.4) is 0 Å². The Morgan fingerprint density at radius 2 is 2.33 bits per heavy atom. The normalized spacial score (nSPS) is 20.2. The molecule has 1 fully saturated rings. The van der Waals surface area contributed by atoms with Crippen molar-refractivity contribution in [3.63, 3.8) is 0 Å². The lowest BCUT2D eigenvalue weighted by Gasteiger charge is -2.22. The summed E-state index contributed by atoms with van der Waals surface area (Å²) >= 11 is 0. The summed E-state index contributed by atoms with van der Waals surface area (Å²) in [6, 6.07) is 7.16. The Balaban J connectivity index is 1.74. The number of nitrogens with one attached hydrogen (secondary N) is 1.